The maximum atomic E-state index is 12.6. The van der Waals surface area contributed by atoms with Gasteiger partial charge in [0.1, 0.15) is 11.0 Å². The van der Waals surface area contributed by atoms with Crippen molar-refractivity contribution < 1.29 is 10.1 Å². The van der Waals surface area contributed by atoms with Gasteiger partial charge in [-0.15, -0.1) is 11.3 Å². The standard InChI is InChI=1S/C20H22ClN3OS/c1-13(15-8-10-16(21)11-9-15)22-12-19(25)24(3)14(2)20-23-17-6-4-5-7-18(17)26-20/h4-11,13-14,22H,12H2,1-3H3/p+1/t13-,14+/m1/s1. The topological polar surface area (TPSA) is 49.8 Å². The minimum Gasteiger partial charge on any atom is -0.333 e. The van der Waals surface area contributed by atoms with Crippen LogP contribution in [0.2, 0.25) is 5.02 Å². The van der Waals surface area contributed by atoms with Gasteiger partial charge in [0.25, 0.3) is 5.91 Å². The van der Waals surface area contributed by atoms with Crippen LogP contribution in [0, 0.1) is 0 Å². The van der Waals surface area contributed by atoms with E-state index >= 15 is 0 Å². The number of benzene rings is 2. The minimum atomic E-state index is -0.0425. The summed E-state index contributed by atoms with van der Waals surface area (Å²) in [6.45, 7) is 4.52. The number of aromatic nitrogens is 1. The molecule has 26 heavy (non-hydrogen) atoms. The van der Waals surface area contributed by atoms with Crippen LogP contribution in [0.5, 0.6) is 0 Å². The van der Waals surface area contributed by atoms with Gasteiger partial charge in [-0.1, -0.05) is 35.9 Å². The van der Waals surface area contributed by atoms with Crippen molar-refractivity contribution in [2.24, 2.45) is 0 Å². The number of carbonyl (C=O) groups excluding carboxylic acids is 1. The smallest absolute Gasteiger partial charge is 0.278 e. The van der Waals surface area contributed by atoms with Crippen LogP contribution in [0.1, 0.15) is 36.5 Å². The molecule has 2 N–H and O–H groups in total. The quantitative estimate of drug-likeness (QED) is 0.698. The first-order valence-electron chi connectivity index (χ1n) is 8.65. The van der Waals surface area contributed by atoms with Gasteiger partial charge >= 0.3 is 0 Å². The van der Waals surface area contributed by atoms with Gasteiger partial charge in [0, 0.05) is 17.6 Å². The third kappa shape index (κ3) is 4.23. The van der Waals surface area contributed by atoms with Crippen molar-refractivity contribution in [2.45, 2.75) is 25.9 Å². The van der Waals surface area contributed by atoms with E-state index in [0.29, 0.717) is 6.54 Å². The highest BCUT2D eigenvalue weighted by molar-refractivity contribution is 7.18. The summed E-state index contributed by atoms with van der Waals surface area (Å²) in [5.41, 5.74) is 2.15. The van der Waals surface area contributed by atoms with Crippen molar-refractivity contribution in [3.63, 3.8) is 0 Å². The molecule has 6 heteroatoms. The molecule has 0 aliphatic rings. The van der Waals surface area contributed by atoms with Crippen LogP contribution >= 0.6 is 22.9 Å². The van der Waals surface area contributed by atoms with Crippen molar-refractivity contribution in [3.05, 3.63) is 64.1 Å². The lowest BCUT2D eigenvalue weighted by atomic mass is 10.1. The normalized spacial score (nSPS) is 13.5. The second kappa shape index (κ2) is 8.16. The molecule has 0 spiro atoms. The fourth-order valence-corrected chi connectivity index (χ4v) is 3.96. The number of rotatable bonds is 6. The van der Waals surface area contributed by atoms with Crippen LogP contribution in [0.3, 0.4) is 0 Å². The summed E-state index contributed by atoms with van der Waals surface area (Å²) in [6, 6.07) is 16.0. The van der Waals surface area contributed by atoms with Gasteiger partial charge in [0.15, 0.2) is 6.54 Å². The summed E-state index contributed by atoms with van der Waals surface area (Å²) in [7, 11) is 1.85. The summed E-state index contributed by atoms with van der Waals surface area (Å²) in [5, 5.41) is 3.74. The van der Waals surface area contributed by atoms with E-state index in [1.165, 1.54) is 0 Å². The summed E-state index contributed by atoms with van der Waals surface area (Å²) in [4.78, 5) is 19.1. The van der Waals surface area contributed by atoms with Crippen molar-refractivity contribution >= 4 is 39.1 Å². The fraction of sp³-hybridized carbons (Fsp3) is 0.300. The van der Waals surface area contributed by atoms with Gasteiger partial charge in [-0.25, -0.2) is 4.98 Å². The van der Waals surface area contributed by atoms with Gasteiger partial charge in [0.2, 0.25) is 0 Å². The Balaban J connectivity index is 1.60. The zero-order valence-electron chi connectivity index (χ0n) is 15.1. The van der Waals surface area contributed by atoms with Gasteiger partial charge in [-0.3, -0.25) is 4.79 Å². The van der Waals surface area contributed by atoms with Crippen LogP contribution in [0.15, 0.2) is 48.5 Å². The number of amides is 1. The number of nitrogens with zero attached hydrogens (tertiary/aromatic N) is 2. The zero-order valence-corrected chi connectivity index (χ0v) is 16.7. The Morgan fingerprint density at radius 1 is 1.19 bits per heavy atom. The van der Waals surface area contributed by atoms with Crippen molar-refractivity contribution in [3.8, 4) is 0 Å². The molecule has 3 aromatic rings. The predicted octanol–water partition coefficient (Wildman–Crippen LogP) is 3.79. The minimum absolute atomic E-state index is 0.0425. The second-order valence-corrected chi connectivity index (χ2v) is 7.98. The van der Waals surface area contributed by atoms with Crippen LogP contribution in [0.25, 0.3) is 10.2 Å². The first-order chi connectivity index (χ1) is 12.5. The molecule has 3 rings (SSSR count). The highest BCUT2D eigenvalue weighted by Crippen LogP contribution is 2.28. The monoisotopic (exact) mass is 388 g/mol. The number of likely N-dealkylation sites (N-methyl/N-ethyl adjacent to an activating group) is 1. The third-order valence-corrected chi connectivity index (χ3v) is 6.14. The van der Waals surface area contributed by atoms with E-state index in [1.807, 2.05) is 61.8 Å². The Hall–Kier alpha value is -1.95. The molecule has 0 bridgehead atoms. The first kappa shape index (κ1) is 18.8. The summed E-state index contributed by atoms with van der Waals surface area (Å²) in [6.07, 6.45) is 0. The molecular weight excluding hydrogens is 366 g/mol. The van der Waals surface area contributed by atoms with Crippen molar-refractivity contribution in [1.82, 2.24) is 9.88 Å². The Labute approximate surface area is 162 Å². The number of nitrogens with two attached hydrogens (primary N) is 1. The predicted molar refractivity (Wildman–Crippen MR) is 107 cm³/mol. The summed E-state index contributed by atoms with van der Waals surface area (Å²) >= 11 is 7.58. The Morgan fingerprint density at radius 2 is 1.88 bits per heavy atom. The number of hydrogen-bond donors (Lipinski definition) is 1. The van der Waals surface area contributed by atoms with E-state index in [1.54, 1.807) is 16.2 Å². The molecule has 1 amide bonds. The fourth-order valence-electron chi connectivity index (χ4n) is 2.77. The number of carbonyl (C=O) groups is 1. The van der Waals surface area contributed by atoms with Gasteiger partial charge < -0.3 is 10.2 Å². The molecule has 0 aliphatic carbocycles. The van der Waals surface area contributed by atoms with E-state index in [9.17, 15) is 4.79 Å². The number of para-hydroxylation sites is 1. The number of hydrogen-bond acceptors (Lipinski definition) is 3. The zero-order chi connectivity index (χ0) is 18.7. The van der Waals surface area contributed by atoms with Crippen molar-refractivity contribution in [2.75, 3.05) is 13.6 Å². The lowest BCUT2D eigenvalue weighted by molar-refractivity contribution is -0.683. The van der Waals surface area contributed by atoms with E-state index < -0.39 is 0 Å². The molecule has 0 radical (unpaired) electrons. The summed E-state index contributed by atoms with van der Waals surface area (Å²) < 4.78 is 1.15. The Kier molecular flexibility index (Phi) is 5.91. The Bertz CT molecular complexity index is 860. The number of halogens is 1. The van der Waals surface area contributed by atoms with E-state index in [0.717, 1.165) is 25.8 Å². The van der Waals surface area contributed by atoms with E-state index in [2.05, 4.69) is 18.0 Å². The highest BCUT2D eigenvalue weighted by atomic mass is 35.5. The molecular formula is C20H23ClN3OS+. The second-order valence-electron chi connectivity index (χ2n) is 6.48. The van der Waals surface area contributed by atoms with Crippen molar-refractivity contribution in [1.29, 1.82) is 0 Å². The summed E-state index contributed by atoms with van der Waals surface area (Å²) in [5.74, 6) is 0.0950. The molecule has 4 nitrogen and oxygen atoms in total. The molecule has 2 aromatic carbocycles. The van der Waals surface area contributed by atoms with Gasteiger partial charge in [-0.05, 0) is 38.1 Å². The van der Waals surface area contributed by atoms with Crippen LogP contribution in [-0.4, -0.2) is 29.4 Å². The third-order valence-electron chi connectivity index (χ3n) is 4.68. The molecule has 1 aromatic heterocycles. The van der Waals surface area contributed by atoms with Crippen LogP contribution in [-0.2, 0) is 4.79 Å². The van der Waals surface area contributed by atoms with Crippen LogP contribution < -0.4 is 5.32 Å². The van der Waals surface area contributed by atoms with Gasteiger partial charge in [-0.2, -0.15) is 0 Å². The number of fused-ring (bicyclic) bond motifs is 1. The molecule has 1 heterocycles. The largest absolute Gasteiger partial charge is 0.333 e. The van der Waals surface area contributed by atoms with Gasteiger partial charge in [0.05, 0.1) is 16.3 Å². The lowest BCUT2D eigenvalue weighted by Gasteiger charge is -2.23. The number of thiazole rings is 1. The van der Waals surface area contributed by atoms with Crippen LogP contribution in [0.4, 0.5) is 0 Å². The SMILES string of the molecule is C[C@@H]([NH2+]CC(=O)N(C)[C@@H](C)c1nc2ccccc2s1)c1ccc(Cl)cc1. The highest BCUT2D eigenvalue weighted by Gasteiger charge is 2.22. The average molecular weight is 389 g/mol. The van der Waals surface area contributed by atoms with E-state index in [4.69, 9.17) is 11.6 Å². The lowest BCUT2D eigenvalue weighted by Crippen LogP contribution is -2.87. The molecule has 2 atom stereocenters. The Morgan fingerprint density at radius 3 is 2.58 bits per heavy atom. The molecule has 0 unspecified atom stereocenters. The molecule has 0 saturated heterocycles. The maximum Gasteiger partial charge on any atom is 0.278 e. The van der Waals surface area contributed by atoms with E-state index in [-0.39, 0.29) is 18.0 Å². The molecule has 0 fully saturated rings. The molecule has 0 saturated carbocycles. The first-order valence-corrected chi connectivity index (χ1v) is 9.85. The molecule has 0 aliphatic heterocycles. The molecule has 136 valence electrons. The number of quaternary nitrogens is 1. The average Bonchev–Trinajstić information content (AvgIpc) is 3.09. The maximum absolute atomic E-state index is 12.6.